The van der Waals surface area contributed by atoms with E-state index in [1.165, 1.54) is 12.0 Å². The van der Waals surface area contributed by atoms with Gasteiger partial charge in [-0.15, -0.1) is 0 Å². The van der Waals surface area contributed by atoms with Gasteiger partial charge in [0.05, 0.1) is 12.3 Å². The molecule has 1 aliphatic carbocycles. The molecule has 1 aromatic carbocycles. The van der Waals surface area contributed by atoms with Crippen molar-refractivity contribution in [2.75, 3.05) is 0 Å². The molecule has 1 heterocycles. The van der Waals surface area contributed by atoms with Crippen LogP contribution in [0.3, 0.4) is 0 Å². The second-order valence-electron chi connectivity index (χ2n) is 4.99. The molecule has 0 radical (unpaired) electrons. The van der Waals surface area contributed by atoms with Crippen molar-refractivity contribution in [2.45, 2.75) is 30.7 Å². The Bertz CT molecular complexity index is 488. The van der Waals surface area contributed by atoms with Crippen LogP contribution in [-0.4, -0.2) is 0 Å². The zero-order valence-electron chi connectivity index (χ0n) is 10.3. The van der Waals surface area contributed by atoms with E-state index in [9.17, 15) is 0 Å². The van der Waals surface area contributed by atoms with Crippen molar-refractivity contribution in [3.63, 3.8) is 0 Å². The molecule has 1 fully saturated rings. The van der Waals surface area contributed by atoms with Gasteiger partial charge < -0.3 is 4.42 Å². The summed E-state index contributed by atoms with van der Waals surface area (Å²) in [5.41, 5.74) is 4.37. The van der Waals surface area contributed by atoms with E-state index in [1.807, 2.05) is 18.2 Å². The highest BCUT2D eigenvalue weighted by atomic mass is 16.3. The summed E-state index contributed by atoms with van der Waals surface area (Å²) in [4.78, 5) is 0. The van der Waals surface area contributed by atoms with Crippen LogP contribution in [0.2, 0.25) is 0 Å². The minimum atomic E-state index is 0.0450. The Balaban J connectivity index is 2.01. The molecule has 0 spiro atoms. The summed E-state index contributed by atoms with van der Waals surface area (Å²) >= 11 is 0. The molecule has 3 nitrogen and oxygen atoms in total. The summed E-state index contributed by atoms with van der Waals surface area (Å²) in [7, 11) is 0. The molecule has 18 heavy (non-hydrogen) atoms. The summed E-state index contributed by atoms with van der Waals surface area (Å²) in [6, 6.07) is 14.6. The molecule has 0 bridgehead atoms. The minimum Gasteiger partial charge on any atom is -0.468 e. The highest BCUT2D eigenvalue weighted by Crippen LogP contribution is 2.51. The zero-order chi connectivity index (χ0) is 12.4. The monoisotopic (exact) mass is 242 g/mol. The maximum Gasteiger partial charge on any atom is 0.122 e. The van der Waals surface area contributed by atoms with Gasteiger partial charge in [0.1, 0.15) is 5.76 Å². The Labute approximate surface area is 107 Å². The summed E-state index contributed by atoms with van der Waals surface area (Å²) in [6.45, 7) is 0. The molecule has 0 amide bonds. The third kappa shape index (κ3) is 1.67. The largest absolute Gasteiger partial charge is 0.468 e. The molecule has 1 saturated carbocycles. The Hall–Kier alpha value is -1.58. The van der Waals surface area contributed by atoms with Crippen LogP contribution < -0.4 is 11.3 Å². The first kappa shape index (κ1) is 11.5. The van der Waals surface area contributed by atoms with Crippen LogP contribution in [0, 0.1) is 0 Å². The fourth-order valence-electron chi connectivity index (χ4n) is 3.04. The Morgan fingerprint density at radius 1 is 1.11 bits per heavy atom. The summed E-state index contributed by atoms with van der Waals surface area (Å²) in [5.74, 6) is 6.70. The fourth-order valence-corrected chi connectivity index (χ4v) is 3.04. The molecule has 0 aliphatic heterocycles. The predicted molar refractivity (Wildman–Crippen MR) is 70.7 cm³/mol. The number of hydrazine groups is 1. The molecule has 3 heteroatoms. The van der Waals surface area contributed by atoms with Gasteiger partial charge in [-0.3, -0.25) is 5.84 Å². The fraction of sp³-hybridized carbons (Fsp3) is 0.333. The van der Waals surface area contributed by atoms with Crippen molar-refractivity contribution in [1.29, 1.82) is 0 Å². The number of hydrogen-bond acceptors (Lipinski definition) is 3. The quantitative estimate of drug-likeness (QED) is 0.640. The van der Waals surface area contributed by atoms with Gasteiger partial charge in [0, 0.05) is 5.41 Å². The van der Waals surface area contributed by atoms with E-state index in [1.54, 1.807) is 6.26 Å². The van der Waals surface area contributed by atoms with Crippen LogP contribution in [0.15, 0.2) is 53.1 Å². The predicted octanol–water partition coefficient (Wildman–Crippen LogP) is 2.91. The molecule has 2 aromatic rings. The van der Waals surface area contributed by atoms with E-state index in [2.05, 4.69) is 29.7 Å². The smallest absolute Gasteiger partial charge is 0.122 e. The molecule has 1 aromatic heterocycles. The lowest BCUT2D eigenvalue weighted by Gasteiger charge is -2.47. The van der Waals surface area contributed by atoms with Crippen molar-refractivity contribution in [3.05, 3.63) is 60.1 Å². The van der Waals surface area contributed by atoms with E-state index in [0.29, 0.717) is 0 Å². The number of furan rings is 1. The van der Waals surface area contributed by atoms with Crippen LogP contribution in [0.5, 0.6) is 0 Å². The third-order valence-corrected chi connectivity index (χ3v) is 4.14. The average molecular weight is 242 g/mol. The van der Waals surface area contributed by atoms with Crippen LogP contribution in [0.25, 0.3) is 0 Å². The first-order chi connectivity index (χ1) is 8.87. The van der Waals surface area contributed by atoms with Crippen LogP contribution in [-0.2, 0) is 5.41 Å². The molecule has 0 saturated heterocycles. The van der Waals surface area contributed by atoms with Crippen molar-refractivity contribution >= 4 is 0 Å². The lowest BCUT2D eigenvalue weighted by atomic mass is 9.59. The van der Waals surface area contributed by atoms with Crippen LogP contribution in [0.4, 0.5) is 0 Å². The highest BCUT2D eigenvalue weighted by molar-refractivity contribution is 5.33. The first-order valence-electron chi connectivity index (χ1n) is 6.42. The van der Waals surface area contributed by atoms with Crippen LogP contribution in [0.1, 0.15) is 36.6 Å². The van der Waals surface area contributed by atoms with E-state index in [-0.39, 0.29) is 11.5 Å². The summed E-state index contributed by atoms with van der Waals surface area (Å²) in [6.07, 6.45) is 5.24. The number of hydrogen-bond donors (Lipinski definition) is 2. The van der Waals surface area contributed by atoms with Gasteiger partial charge >= 0.3 is 0 Å². The van der Waals surface area contributed by atoms with Crippen molar-refractivity contribution in [2.24, 2.45) is 5.84 Å². The minimum absolute atomic E-state index is 0.0450. The zero-order valence-corrected chi connectivity index (χ0v) is 10.3. The molecular formula is C15H18N2O. The van der Waals surface area contributed by atoms with E-state index < -0.39 is 0 Å². The summed E-state index contributed by atoms with van der Waals surface area (Å²) < 4.78 is 5.55. The topological polar surface area (TPSA) is 51.2 Å². The molecule has 3 rings (SSSR count). The van der Waals surface area contributed by atoms with E-state index >= 15 is 0 Å². The third-order valence-electron chi connectivity index (χ3n) is 4.14. The maximum atomic E-state index is 5.79. The number of nitrogens with two attached hydrogens (primary N) is 1. The molecule has 3 N–H and O–H groups in total. The van der Waals surface area contributed by atoms with Crippen LogP contribution >= 0.6 is 0 Å². The lowest BCUT2D eigenvalue weighted by Crippen LogP contribution is -2.48. The Morgan fingerprint density at radius 3 is 2.39 bits per heavy atom. The average Bonchev–Trinajstić information content (AvgIpc) is 2.88. The lowest BCUT2D eigenvalue weighted by molar-refractivity contribution is 0.153. The van der Waals surface area contributed by atoms with Crippen molar-refractivity contribution < 1.29 is 4.42 Å². The van der Waals surface area contributed by atoms with E-state index in [4.69, 9.17) is 10.3 Å². The Kier molecular flexibility index (Phi) is 2.94. The van der Waals surface area contributed by atoms with Crippen molar-refractivity contribution in [3.8, 4) is 0 Å². The second-order valence-corrected chi connectivity index (χ2v) is 4.99. The number of nitrogens with one attached hydrogen (secondary N) is 1. The number of benzene rings is 1. The molecule has 94 valence electrons. The summed E-state index contributed by atoms with van der Waals surface area (Å²) in [5, 5.41) is 0. The van der Waals surface area contributed by atoms with Gasteiger partial charge in [0.25, 0.3) is 0 Å². The maximum absolute atomic E-state index is 5.79. The van der Waals surface area contributed by atoms with E-state index in [0.717, 1.165) is 18.6 Å². The van der Waals surface area contributed by atoms with Crippen molar-refractivity contribution in [1.82, 2.24) is 5.43 Å². The van der Waals surface area contributed by atoms with Gasteiger partial charge in [-0.25, -0.2) is 5.43 Å². The normalized spacial score (nSPS) is 19.2. The first-order valence-corrected chi connectivity index (χ1v) is 6.42. The van der Waals surface area contributed by atoms with Gasteiger partial charge in [-0.1, -0.05) is 36.8 Å². The molecule has 1 atom stereocenters. The molecule has 1 unspecified atom stereocenters. The Morgan fingerprint density at radius 2 is 1.89 bits per heavy atom. The SMILES string of the molecule is NNC(c1ccco1)C1(c2ccccc2)CCC1. The molecular weight excluding hydrogens is 224 g/mol. The van der Waals surface area contributed by atoms with Gasteiger partial charge in [-0.05, 0) is 30.5 Å². The van der Waals surface area contributed by atoms with Gasteiger partial charge in [0.2, 0.25) is 0 Å². The van der Waals surface area contributed by atoms with Gasteiger partial charge in [0.15, 0.2) is 0 Å². The number of rotatable bonds is 4. The van der Waals surface area contributed by atoms with Gasteiger partial charge in [-0.2, -0.15) is 0 Å². The standard InChI is InChI=1S/C15H18N2O/c16-17-14(13-8-4-11-18-13)15(9-5-10-15)12-6-2-1-3-7-12/h1-4,6-8,11,14,17H,5,9-10,16H2. The second kappa shape index (κ2) is 4.59. The highest BCUT2D eigenvalue weighted by Gasteiger charge is 2.46. The molecule has 1 aliphatic rings.